The molecule has 0 aromatic heterocycles. The second-order valence-electron chi connectivity index (χ2n) is 8.07. The Morgan fingerprint density at radius 1 is 1.04 bits per heavy atom. The van der Waals surface area contributed by atoms with Crippen molar-refractivity contribution in [2.24, 2.45) is 11.8 Å². The first-order valence-corrected chi connectivity index (χ1v) is 10.7. The highest BCUT2D eigenvalue weighted by Gasteiger charge is 2.32. The largest absolute Gasteiger partial charge is 0.462 e. The minimum Gasteiger partial charge on any atom is -0.462 e. The Balaban J connectivity index is 1.41. The fourth-order valence-corrected chi connectivity index (χ4v) is 4.46. The van der Waals surface area contributed by atoms with Gasteiger partial charge in [-0.25, -0.2) is 0 Å². The maximum absolute atomic E-state index is 12.6. The minimum absolute atomic E-state index is 0.0308. The summed E-state index contributed by atoms with van der Waals surface area (Å²) < 4.78 is 5.89. The molecule has 27 heavy (non-hydrogen) atoms. The van der Waals surface area contributed by atoms with E-state index in [-0.39, 0.29) is 23.9 Å². The lowest BCUT2D eigenvalue weighted by Gasteiger charge is -2.34. The summed E-state index contributed by atoms with van der Waals surface area (Å²) >= 11 is 0. The first-order valence-electron chi connectivity index (χ1n) is 10.7. The average Bonchev–Trinajstić information content (AvgIpc) is 2.73. The second kappa shape index (κ2) is 9.91. The van der Waals surface area contributed by atoms with Crippen molar-refractivity contribution < 1.29 is 14.3 Å². The fourth-order valence-electron chi connectivity index (χ4n) is 4.46. The Hall–Kier alpha value is -1.84. The van der Waals surface area contributed by atoms with E-state index >= 15 is 0 Å². The summed E-state index contributed by atoms with van der Waals surface area (Å²) in [5, 5.41) is 0. The van der Waals surface area contributed by atoms with Crippen molar-refractivity contribution in [2.75, 3.05) is 13.1 Å². The molecule has 4 nitrogen and oxygen atoms in total. The molecule has 2 aliphatic rings. The van der Waals surface area contributed by atoms with Crippen molar-refractivity contribution in [3.63, 3.8) is 0 Å². The van der Waals surface area contributed by atoms with Crippen LogP contribution < -0.4 is 0 Å². The van der Waals surface area contributed by atoms with Crippen molar-refractivity contribution in [3.8, 4) is 0 Å². The lowest BCUT2D eigenvalue weighted by Crippen LogP contribution is -2.42. The van der Waals surface area contributed by atoms with Crippen molar-refractivity contribution in [2.45, 2.75) is 70.8 Å². The number of likely N-dealkylation sites (tertiary alicyclic amines) is 1. The number of rotatable bonds is 6. The number of carbonyl (C=O) groups excluding carboxylic acids is 2. The molecule has 3 rings (SSSR count). The van der Waals surface area contributed by atoms with E-state index in [0.29, 0.717) is 25.4 Å². The molecule has 1 saturated heterocycles. The summed E-state index contributed by atoms with van der Waals surface area (Å²) in [6, 6.07) is 10.1. The summed E-state index contributed by atoms with van der Waals surface area (Å²) in [4.78, 5) is 27.0. The van der Waals surface area contributed by atoms with Crippen LogP contribution in [0.15, 0.2) is 30.3 Å². The molecule has 1 aromatic rings. The Bertz CT molecular complexity index is 607. The summed E-state index contributed by atoms with van der Waals surface area (Å²) in [5.74, 6) is 0.658. The van der Waals surface area contributed by atoms with Crippen LogP contribution >= 0.6 is 0 Å². The van der Waals surface area contributed by atoms with Crippen LogP contribution in [-0.4, -0.2) is 36.0 Å². The van der Waals surface area contributed by atoms with Crippen LogP contribution in [0.3, 0.4) is 0 Å². The van der Waals surface area contributed by atoms with Gasteiger partial charge in [-0.15, -0.1) is 0 Å². The van der Waals surface area contributed by atoms with E-state index in [0.717, 1.165) is 32.1 Å². The molecule has 0 bridgehead atoms. The summed E-state index contributed by atoms with van der Waals surface area (Å²) in [5.41, 5.74) is 1.20. The van der Waals surface area contributed by atoms with E-state index < -0.39 is 0 Å². The smallest absolute Gasteiger partial charge is 0.309 e. The average molecular weight is 372 g/mol. The van der Waals surface area contributed by atoms with Gasteiger partial charge in [-0.2, -0.15) is 0 Å². The van der Waals surface area contributed by atoms with Crippen molar-refractivity contribution >= 4 is 11.9 Å². The van der Waals surface area contributed by atoms with Gasteiger partial charge in [0.1, 0.15) is 6.10 Å². The lowest BCUT2D eigenvalue weighted by atomic mass is 9.84. The van der Waals surface area contributed by atoms with Gasteiger partial charge < -0.3 is 9.64 Å². The van der Waals surface area contributed by atoms with Gasteiger partial charge in [0.15, 0.2) is 0 Å². The molecule has 2 atom stereocenters. The molecule has 1 saturated carbocycles. The van der Waals surface area contributed by atoms with E-state index in [9.17, 15) is 9.59 Å². The van der Waals surface area contributed by atoms with Gasteiger partial charge in [0.25, 0.3) is 0 Å². The normalized spacial score (nSPS) is 23.8. The maximum Gasteiger partial charge on any atom is 0.309 e. The topological polar surface area (TPSA) is 46.6 Å². The Morgan fingerprint density at radius 3 is 2.44 bits per heavy atom. The minimum atomic E-state index is -0.0393. The Morgan fingerprint density at radius 2 is 1.74 bits per heavy atom. The summed E-state index contributed by atoms with van der Waals surface area (Å²) in [6.45, 7) is 3.54. The second-order valence-corrected chi connectivity index (χ2v) is 8.07. The highest BCUT2D eigenvalue weighted by molar-refractivity contribution is 5.77. The van der Waals surface area contributed by atoms with E-state index in [1.165, 1.54) is 24.8 Å². The number of piperidine rings is 1. The Kier molecular flexibility index (Phi) is 7.31. The Labute approximate surface area is 163 Å². The van der Waals surface area contributed by atoms with Crippen LogP contribution in [-0.2, 0) is 20.7 Å². The number of hydrogen-bond donors (Lipinski definition) is 0. The lowest BCUT2D eigenvalue weighted by molar-refractivity contribution is -0.161. The predicted octanol–water partition coefficient (Wildman–Crippen LogP) is 4.37. The van der Waals surface area contributed by atoms with Crippen LogP contribution in [0.2, 0.25) is 0 Å². The fraction of sp³-hybridized carbons (Fsp3) is 0.652. The maximum atomic E-state index is 12.6. The number of aryl methyl sites for hydroxylation is 1. The highest BCUT2D eigenvalue weighted by Crippen LogP contribution is 2.30. The van der Waals surface area contributed by atoms with E-state index in [4.69, 9.17) is 4.74 Å². The number of esters is 1. The first-order chi connectivity index (χ1) is 13.2. The molecule has 2 unspecified atom stereocenters. The van der Waals surface area contributed by atoms with Gasteiger partial charge in [0, 0.05) is 19.5 Å². The number of benzene rings is 1. The zero-order valence-electron chi connectivity index (χ0n) is 16.6. The van der Waals surface area contributed by atoms with Gasteiger partial charge in [0.2, 0.25) is 5.91 Å². The van der Waals surface area contributed by atoms with E-state index in [1.54, 1.807) is 0 Å². The summed E-state index contributed by atoms with van der Waals surface area (Å²) in [7, 11) is 0. The van der Waals surface area contributed by atoms with Crippen LogP contribution in [0.25, 0.3) is 0 Å². The molecule has 2 fully saturated rings. The molecular weight excluding hydrogens is 338 g/mol. The molecule has 0 spiro atoms. The molecular formula is C23H33NO3. The third-order valence-electron chi connectivity index (χ3n) is 6.28. The molecule has 148 valence electrons. The van der Waals surface area contributed by atoms with E-state index in [1.807, 2.05) is 23.1 Å². The predicted molar refractivity (Wildman–Crippen MR) is 106 cm³/mol. The molecule has 1 aliphatic heterocycles. The standard InChI is InChI=1S/C23H33NO3/c1-2-19-10-6-7-11-21(19)27-23(26)20-14-16-24(17-15-20)22(25)13-12-18-8-4-3-5-9-18/h3-5,8-9,19-21H,2,6-7,10-17H2,1H3. The summed E-state index contributed by atoms with van der Waals surface area (Å²) in [6.07, 6.45) is 8.62. The molecule has 0 radical (unpaired) electrons. The number of ether oxygens (including phenoxy) is 1. The number of nitrogens with zero attached hydrogens (tertiary/aromatic N) is 1. The molecule has 0 N–H and O–H groups in total. The molecule has 4 heteroatoms. The number of carbonyl (C=O) groups is 2. The number of amides is 1. The van der Waals surface area contributed by atoms with Crippen LogP contribution in [0.5, 0.6) is 0 Å². The molecule has 1 aliphatic carbocycles. The molecule has 1 amide bonds. The SMILES string of the molecule is CCC1CCCCC1OC(=O)C1CCN(C(=O)CCc2ccccc2)CC1. The third-order valence-corrected chi connectivity index (χ3v) is 6.28. The van der Waals surface area contributed by atoms with E-state index in [2.05, 4.69) is 19.1 Å². The first kappa shape index (κ1) is 19.9. The molecule has 1 aromatic carbocycles. The van der Waals surface area contributed by atoms with Gasteiger partial charge in [0.05, 0.1) is 5.92 Å². The zero-order chi connectivity index (χ0) is 19.1. The molecule has 1 heterocycles. The van der Waals surface area contributed by atoms with Crippen molar-refractivity contribution in [3.05, 3.63) is 35.9 Å². The third kappa shape index (κ3) is 5.57. The van der Waals surface area contributed by atoms with Gasteiger partial charge >= 0.3 is 5.97 Å². The van der Waals surface area contributed by atoms with Crippen LogP contribution in [0.4, 0.5) is 0 Å². The van der Waals surface area contributed by atoms with Crippen LogP contribution in [0.1, 0.15) is 63.9 Å². The quantitative estimate of drug-likeness (QED) is 0.698. The van der Waals surface area contributed by atoms with Gasteiger partial charge in [-0.1, -0.05) is 43.7 Å². The van der Waals surface area contributed by atoms with Crippen LogP contribution in [0, 0.1) is 11.8 Å². The van der Waals surface area contributed by atoms with Crippen molar-refractivity contribution in [1.82, 2.24) is 4.90 Å². The monoisotopic (exact) mass is 371 g/mol. The van der Waals surface area contributed by atoms with Gasteiger partial charge in [-0.05, 0) is 56.4 Å². The number of hydrogen-bond acceptors (Lipinski definition) is 3. The zero-order valence-corrected chi connectivity index (χ0v) is 16.6. The van der Waals surface area contributed by atoms with Crippen molar-refractivity contribution in [1.29, 1.82) is 0 Å². The highest BCUT2D eigenvalue weighted by atomic mass is 16.5. The van der Waals surface area contributed by atoms with Gasteiger partial charge in [-0.3, -0.25) is 9.59 Å².